The second kappa shape index (κ2) is 6.54. The lowest BCUT2D eigenvalue weighted by atomic mass is 9.87. The first-order chi connectivity index (χ1) is 11.1. The molecule has 4 nitrogen and oxygen atoms in total. The van der Waals surface area contributed by atoms with Crippen molar-refractivity contribution in [2.24, 2.45) is 11.7 Å². The fraction of sp³-hybridized carbons (Fsp3) is 0.333. The summed E-state index contributed by atoms with van der Waals surface area (Å²) in [5.41, 5.74) is 7.64. The topological polar surface area (TPSA) is 72.2 Å². The van der Waals surface area contributed by atoms with E-state index in [9.17, 15) is 9.59 Å². The molecule has 0 saturated heterocycles. The fourth-order valence-electron chi connectivity index (χ4n) is 2.97. The molecule has 0 bridgehead atoms. The number of amides is 2. The molecule has 1 aromatic heterocycles. The predicted molar refractivity (Wildman–Crippen MR) is 93.0 cm³/mol. The van der Waals surface area contributed by atoms with Crippen molar-refractivity contribution in [3.63, 3.8) is 0 Å². The number of fused-ring (bicyclic) bond motifs is 1. The number of aryl methyl sites for hydroxylation is 1. The Labute approximate surface area is 139 Å². The third-order valence-electron chi connectivity index (χ3n) is 4.41. The Balaban J connectivity index is 1.71. The first-order valence-corrected chi connectivity index (χ1v) is 8.71. The van der Waals surface area contributed by atoms with E-state index in [1.54, 1.807) is 35.6 Å². The largest absolute Gasteiger partial charge is 0.366 e. The van der Waals surface area contributed by atoms with Gasteiger partial charge < -0.3 is 11.1 Å². The minimum atomic E-state index is -0.473. The molecule has 5 heteroatoms. The highest BCUT2D eigenvalue weighted by molar-refractivity contribution is 7.14. The molecule has 1 heterocycles. The minimum Gasteiger partial charge on any atom is -0.366 e. The molecule has 120 valence electrons. The molecule has 0 radical (unpaired) electrons. The monoisotopic (exact) mass is 328 g/mol. The van der Waals surface area contributed by atoms with Gasteiger partial charge in [0, 0.05) is 16.1 Å². The summed E-state index contributed by atoms with van der Waals surface area (Å²) in [4.78, 5) is 25.6. The highest BCUT2D eigenvalue weighted by Crippen LogP contribution is 2.33. The Kier molecular flexibility index (Phi) is 4.48. The normalized spacial score (nSPS) is 16.7. The van der Waals surface area contributed by atoms with E-state index in [2.05, 4.69) is 12.2 Å². The summed E-state index contributed by atoms with van der Waals surface area (Å²) in [5, 5.41) is 2.88. The Morgan fingerprint density at radius 2 is 2.04 bits per heavy atom. The summed E-state index contributed by atoms with van der Waals surface area (Å²) in [6.45, 7) is 2.23. The van der Waals surface area contributed by atoms with Crippen LogP contribution >= 0.6 is 11.3 Å². The van der Waals surface area contributed by atoms with Gasteiger partial charge in [-0.2, -0.15) is 0 Å². The molecule has 1 aliphatic rings. The summed E-state index contributed by atoms with van der Waals surface area (Å²) in [7, 11) is 0. The highest BCUT2D eigenvalue weighted by atomic mass is 32.1. The van der Waals surface area contributed by atoms with Gasteiger partial charge in [-0.25, -0.2) is 0 Å². The van der Waals surface area contributed by atoms with Crippen LogP contribution in [-0.4, -0.2) is 11.8 Å². The number of primary amides is 1. The lowest BCUT2D eigenvalue weighted by Gasteiger charge is -2.19. The Morgan fingerprint density at radius 3 is 2.70 bits per heavy atom. The summed E-state index contributed by atoms with van der Waals surface area (Å²) < 4.78 is 0. The summed E-state index contributed by atoms with van der Waals surface area (Å²) in [5.74, 6) is 0.179. The van der Waals surface area contributed by atoms with E-state index in [0.717, 1.165) is 23.6 Å². The Morgan fingerprint density at radius 1 is 1.30 bits per heavy atom. The molecule has 0 spiro atoms. The Bertz CT molecular complexity index is 734. The molecule has 0 aliphatic heterocycles. The van der Waals surface area contributed by atoms with Gasteiger partial charge in [-0.3, -0.25) is 9.59 Å². The van der Waals surface area contributed by atoms with Crippen molar-refractivity contribution in [3.05, 3.63) is 51.2 Å². The van der Waals surface area contributed by atoms with E-state index in [1.165, 1.54) is 23.3 Å². The summed E-state index contributed by atoms with van der Waals surface area (Å²) >= 11 is 1.60. The van der Waals surface area contributed by atoms with E-state index < -0.39 is 5.91 Å². The van der Waals surface area contributed by atoms with Gasteiger partial charge in [0.15, 0.2) is 0 Å². The summed E-state index contributed by atoms with van der Waals surface area (Å²) in [6, 6.07) is 8.65. The van der Waals surface area contributed by atoms with Crippen molar-refractivity contribution >= 4 is 28.8 Å². The number of carbonyl (C=O) groups excluding carboxylic acids is 2. The van der Waals surface area contributed by atoms with Gasteiger partial charge in [0.1, 0.15) is 0 Å². The minimum absolute atomic E-state index is 0.0933. The maximum absolute atomic E-state index is 12.4. The van der Waals surface area contributed by atoms with Crippen LogP contribution in [0.2, 0.25) is 0 Å². The maximum atomic E-state index is 12.4. The standard InChI is InChI=1S/C18H20N2O2S/c1-2-11-3-8-15-13(9-11)10-16(23-15)18(22)20-14-6-4-12(5-7-14)17(19)21/h4-7,10-11H,2-3,8-9H2,1H3,(H2,19,21)(H,20,22)/t11-/m1/s1. The maximum Gasteiger partial charge on any atom is 0.265 e. The zero-order valence-corrected chi connectivity index (χ0v) is 13.9. The van der Waals surface area contributed by atoms with Crippen LogP contribution in [0.3, 0.4) is 0 Å². The number of rotatable bonds is 4. The fourth-order valence-corrected chi connectivity index (χ4v) is 4.07. The van der Waals surface area contributed by atoms with Crippen molar-refractivity contribution in [1.82, 2.24) is 0 Å². The number of hydrogen-bond acceptors (Lipinski definition) is 3. The van der Waals surface area contributed by atoms with Crippen molar-refractivity contribution in [2.75, 3.05) is 5.32 Å². The molecule has 3 N–H and O–H groups in total. The molecule has 0 saturated carbocycles. The summed E-state index contributed by atoms with van der Waals surface area (Å²) in [6.07, 6.45) is 4.59. The van der Waals surface area contributed by atoms with Crippen LogP contribution in [0.25, 0.3) is 0 Å². The highest BCUT2D eigenvalue weighted by Gasteiger charge is 2.22. The molecule has 2 amide bonds. The zero-order valence-electron chi connectivity index (χ0n) is 13.1. The number of nitrogens with two attached hydrogens (primary N) is 1. The SMILES string of the molecule is CC[C@@H]1CCc2sc(C(=O)Nc3ccc(C(N)=O)cc3)cc2C1. The smallest absolute Gasteiger partial charge is 0.265 e. The molecule has 1 aromatic carbocycles. The lowest BCUT2D eigenvalue weighted by molar-refractivity contribution is 0.0998. The molecular weight excluding hydrogens is 308 g/mol. The van der Waals surface area contributed by atoms with Crippen LogP contribution in [0, 0.1) is 5.92 Å². The molecule has 1 atom stereocenters. The van der Waals surface area contributed by atoms with Crippen molar-refractivity contribution in [3.8, 4) is 0 Å². The molecule has 0 fully saturated rings. The third-order valence-corrected chi connectivity index (χ3v) is 5.65. The molecule has 1 aliphatic carbocycles. The van der Waals surface area contributed by atoms with Gasteiger partial charge in [-0.15, -0.1) is 11.3 Å². The molecule has 2 aromatic rings. The molecular formula is C18H20N2O2S. The first kappa shape index (κ1) is 15.7. The van der Waals surface area contributed by atoms with Gasteiger partial charge >= 0.3 is 0 Å². The third kappa shape index (κ3) is 3.45. The van der Waals surface area contributed by atoms with Gasteiger partial charge in [0.25, 0.3) is 5.91 Å². The number of anilines is 1. The van der Waals surface area contributed by atoms with Crippen LogP contribution in [0.1, 0.15) is 50.2 Å². The number of benzene rings is 1. The molecule has 23 heavy (non-hydrogen) atoms. The number of carbonyl (C=O) groups is 2. The lowest BCUT2D eigenvalue weighted by Crippen LogP contribution is -2.12. The van der Waals surface area contributed by atoms with Gasteiger partial charge in [0.05, 0.1) is 4.88 Å². The van der Waals surface area contributed by atoms with Crippen LogP contribution in [-0.2, 0) is 12.8 Å². The van der Waals surface area contributed by atoms with Crippen LogP contribution in [0.5, 0.6) is 0 Å². The van der Waals surface area contributed by atoms with Crippen LogP contribution < -0.4 is 11.1 Å². The second-order valence-electron chi connectivity index (χ2n) is 5.97. The second-order valence-corrected chi connectivity index (χ2v) is 7.11. The molecule has 0 unspecified atom stereocenters. The van der Waals surface area contributed by atoms with E-state index in [1.807, 2.05) is 6.07 Å². The zero-order chi connectivity index (χ0) is 16.4. The number of thiophene rings is 1. The van der Waals surface area contributed by atoms with E-state index in [4.69, 9.17) is 5.73 Å². The first-order valence-electron chi connectivity index (χ1n) is 7.89. The van der Waals surface area contributed by atoms with Crippen molar-refractivity contribution < 1.29 is 9.59 Å². The van der Waals surface area contributed by atoms with E-state index in [-0.39, 0.29) is 5.91 Å². The Hall–Kier alpha value is -2.14. The number of nitrogens with one attached hydrogen (secondary N) is 1. The van der Waals surface area contributed by atoms with Gasteiger partial charge in [-0.1, -0.05) is 13.3 Å². The van der Waals surface area contributed by atoms with Crippen molar-refractivity contribution in [2.45, 2.75) is 32.6 Å². The van der Waals surface area contributed by atoms with Crippen LogP contribution in [0.15, 0.2) is 30.3 Å². The van der Waals surface area contributed by atoms with E-state index >= 15 is 0 Å². The predicted octanol–water partition coefficient (Wildman–Crippen LogP) is 3.61. The van der Waals surface area contributed by atoms with Gasteiger partial charge in [0.2, 0.25) is 5.91 Å². The average molecular weight is 328 g/mol. The van der Waals surface area contributed by atoms with Gasteiger partial charge in [-0.05, 0) is 61.1 Å². The average Bonchev–Trinajstić information content (AvgIpc) is 2.98. The van der Waals surface area contributed by atoms with E-state index in [0.29, 0.717) is 11.3 Å². The van der Waals surface area contributed by atoms with Crippen molar-refractivity contribution in [1.29, 1.82) is 0 Å². The quantitative estimate of drug-likeness (QED) is 0.900. The molecule has 3 rings (SSSR count). The van der Waals surface area contributed by atoms with Crippen LogP contribution in [0.4, 0.5) is 5.69 Å². The number of hydrogen-bond donors (Lipinski definition) is 2.